The van der Waals surface area contributed by atoms with Gasteiger partial charge in [0.2, 0.25) is 11.9 Å². The Kier molecular flexibility index (Phi) is 8.55. The third-order valence-electron chi connectivity index (χ3n) is 6.29. The highest BCUT2D eigenvalue weighted by molar-refractivity contribution is 6.09. The summed E-state index contributed by atoms with van der Waals surface area (Å²) in [5, 5.41) is 41.1. The SMILES string of the molecule is O=C(O[C@@H]1[C@@H](Oc2ccccc2COC(=O)[C@@]2(O)C=CCCC2=O)O[C@@H](CO)[C@H](O)[C@H]1O)c1ccccc1. The largest absolute Gasteiger partial charge is 0.460 e. The second kappa shape index (κ2) is 11.8. The van der Waals surface area contributed by atoms with Crippen LogP contribution in [0.5, 0.6) is 5.75 Å². The summed E-state index contributed by atoms with van der Waals surface area (Å²) in [5.74, 6) is -2.52. The first-order valence-corrected chi connectivity index (χ1v) is 12.0. The zero-order valence-electron chi connectivity index (χ0n) is 20.2. The molecule has 1 aliphatic heterocycles. The first kappa shape index (κ1) is 27.4. The Morgan fingerprint density at radius 2 is 1.74 bits per heavy atom. The Balaban J connectivity index is 1.52. The van der Waals surface area contributed by atoms with Crippen LogP contribution in [0.15, 0.2) is 66.7 Å². The number of aliphatic hydroxyl groups is 4. The quantitative estimate of drug-likeness (QED) is 0.213. The van der Waals surface area contributed by atoms with E-state index in [1.54, 1.807) is 36.4 Å². The molecule has 1 fully saturated rings. The molecule has 4 N–H and O–H groups in total. The molecule has 1 saturated heterocycles. The maximum atomic E-state index is 12.7. The Hall–Kier alpha value is -3.61. The van der Waals surface area contributed by atoms with Gasteiger partial charge >= 0.3 is 11.9 Å². The summed E-state index contributed by atoms with van der Waals surface area (Å²) in [6, 6.07) is 14.2. The fourth-order valence-electron chi connectivity index (χ4n) is 4.09. The maximum Gasteiger partial charge on any atom is 0.350 e. The van der Waals surface area contributed by atoms with E-state index in [9.17, 15) is 34.8 Å². The van der Waals surface area contributed by atoms with E-state index in [-0.39, 0.29) is 17.7 Å². The lowest BCUT2D eigenvalue weighted by molar-refractivity contribution is -0.276. The molecule has 0 saturated carbocycles. The fourth-order valence-corrected chi connectivity index (χ4v) is 4.09. The smallest absolute Gasteiger partial charge is 0.350 e. The number of para-hydroxylation sites is 1. The lowest BCUT2D eigenvalue weighted by atomic mass is 9.90. The van der Waals surface area contributed by atoms with Crippen molar-refractivity contribution in [3.63, 3.8) is 0 Å². The van der Waals surface area contributed by atoms with Crippen molar-refractivity contribution in [2.24, 2.45) is 0 Å². The van der Waals surface area contributed by atoms with E-state index in [1.165, 1.54) is 24.3 Å². The zero-order chi connectivity index (χ0) is 27.3. The summed E-state index contributed by atoms with van der Waals surface area (Å²) < 4.78 is 22.2. The highest BCUT2D eigenvalue weighted by Gasteiger charge is 2.48. The number of hydrogen-bond donors (Lipinski definition) is 4. The molecular formula is C27H28O11. The summed E-state index contributed by atoms with van der Waals surface area (Å²) in [4.78, 5) is 37.3. The number of hydrogen-bond acceptors (Lipinski definition) is 11. The monoisotopic (exact) mass is 528 g/mol. The Morgan fingerprint density at radius 3 is 2.45 bits per heavy atom. The van der Waals surface area contributed by atoms with Crippen molar-refractivity contribution in [3.8, 4) is 5.75 Å². The van der Waals surface area contributed by atoms with Gasteiger partial charge in [-0.2, -0.15) is 0 Å². The topological polar surface area (TPSA) is 169 Å². The number of esters is 2. The van der Waals surface area contributed by atoms with Crippen molar-refractivity contribution in [1.82, 2.24) is 0 Å². The second-order valence-corrected chi connectivity index (χ2v) is 8.87. The molecule has 0 spiro atoms. The molecule has 4 rings (SSSR count). The minimum atomic E-state index is -2.37. The van der Waals surface area contributed by atoms with Crippen molar-refractivity contribution in [2.45, 2.75) is 55.8 Å². The van der Waals surface area contributed by atoms with Gasteiger partial charge in [-0.15, -0.1) is 0 Å². The second-order valence-electron chi connectivity index (χ2n) is 8.87. The molecule has 1 heterocycles. The molecule has 0 radical (unpaired) electrons. The predicted octanol–water partition coefficient (Wildman–Crippen LogP) is 0.423. The van der Waals surface area contributed by atoms with Gasteiger partial charge in [-0.25, -0.2) is 9.59 Å². The fraction of sp³-hybridized carbons (Fsp3) is 0.370. The molecule has 6 atom stereocenters. The third-order valence-corrected chi connectivity index (χ3v) is 6.29. The highest BCUT2D eigenvalue weighted by Crippen LogP contribution is 2.30. The zero-order valence-corrected chi connectivity index (χ0v) is 20.2. The lowest BCUT2D eigenvalue weighted by Crippen LogP contribution is -2.61. The summed E-state index contributed by atoms with van der Waals surface area (Å²) >= 11 is 0. The normalized spacial score (nSPS) is 28.9. The number of benzene rings is 2. The molecule has 2 aromatic rings. The summed E-state index contributed by atoms with van der Waals surface area (Å²) in [5.41, 5.74) is -1.88. The van der Waals surface area contributed by atoms with Gasteiger partial charge in [-0.3, -0.25) is 4.79 Å². The number of ketones is 1. The first-order chi connectivity index (χ1) is 18.2. The van der Waals surface area contributed by atoms with Crippen LogP contribution < -0.4 is 4.74 Å². The van der Waals surface area contributed by atoms with Crippen LogP contribution in [0.1, 0.15) is 28.8 Å². The first-order valence-electron chi connectivity index (χ1n) is 12.0. The van der Waals surface area contributed by atoms with Crippen molar-refractivity contribution in [3.05, 3.63) is 77.9 Å². The van der Waals surface area contributed by atoms with Crippen LogP contribution in [0.4, 0.5) is 0 Å². The van der Waals surface area contributed by atoms with Gasteiger partial charge < -0.3 is 39.4 Å². The number of ether oxygens (including phenoxy) is 4. The van der Waals surface area contributed by atoms with E-state index in [2.05, 4.69) is 0 Å². The van der Waals surface area contributed by atoms with Crippen molar-refractivity contribution in [2.75, 3.05) is 6.61 Å². The van der Waals surface area contributed by atoms with Crippen LogP contribution in [-0.2, 0) is 30.4 Å². The Morgan fingerprint density at radius 1 is 1.03 bits per heavy atom. The average molecular weight is 529 g/mol. The van der Waals surface area contributed by atoms with Gasteiger partial charge in [0.05, 0.1) is 12.2 Å². The van der Waals surface area contributed by atoms with E-state index in [0.29, 0.717) is 12.0 Å². The highest BCUT2D eigenvalue weighted by atomic mass is 16.7. The molecular weight excluding hydrogens is 500 g/mol. The third kappa shape index (κ3) is 5.77. The van der Waals surface area contributed by atoms with Crippen LogP contribution in [0.2, 0.25) is 0 Å². The van der Waals surface area contributed by atoms with E-state index >= 15 is 0 Å². The summed E-state index contributed by atoms with van der Waals surface area (Å²) in [7, 11) is 0. The number of allylic oxidation sites excluding steroid dienone is 1. The maximum absolute atomic E-state index is 12.7. The van der Waals surface area contributed by atoms with Crippen molar-refractivity contribution in [1.29, 1.82) is 0 Å². The van der Waals surface area contributed by atoms with Crippen LogP contribution in [0.25, 0.3) is 0 Å². The molecule has 0 amide bonds. The number of carbonyl (C=O) groups excluding carboxylic acids is 3. The van der Waals surface area contributed by atoms with Crippen LogP contribution in [0, 0.1) is 0 Å². The molecule has 2 aliphatic rings. The van der Waals surface area contributed by atoms with Gasteiger partial charge in [0.15, 0.2) is 11.9 Å². The molecule has 2 aromatic carbocycles. The molecule has 0 bridgehead atoms. The van der Waals surface area contributed by atoms with Gasteiger partial charge in [-0.05, 0) is 30.7 Å². The number of rotatable bonds is 8. The Labute approximate surface area is 217 Å². The molecule has 38 heavy (non-hydrogen) atoms. The Bertz CT molecular complexity index is 1180. The van der Waals surface area contributed by atoms with E-state index in [1.807, 2.05) is 0 Å². The van der Waals surface area contributed by atoms with Crippen molar-refractivity contribution >= 4 is 17.7 Å². The summed E-state index contributed by atoms with van der Waals surface area (Å²) in [6.07, 6.45) is -4.41. The summed E-state index contributed by atoms with van der Waals surface area (Å²) in [6.45, 7) is -1.05. The van der Waals surface area contributed by atoms with Gasteiger partial charge in [0.1, 0.15) is 30.7 Å². The lowest BCUT2D eigenvalue weighted by Gasteiger charge is -2.41. The number of carbonyl (C=O) groups is 3. The van der Waals surface area contributed by atoms with Gasteiger partial charge in [0.25, 0.3) is 0 Å². The minimum absolute atomic E-state index is 0.00408. The van der Waals surface area contributed by atoms with Crippen LogP contribution in [0.3, 0.4) is 0 Å². The number of aliphatic hydroxyl groups excluding tert-OH is 3. The van der Waals surface area contributed by atoms with Gasteiger partial charge in [0, 0.05) is 12.0 Å². The molecule has 1 aliphatic carbocycles. The van der Waals surface area contributed by atoms with Crippen LogP contribution >= 0.6 is 0 Å². The number of Topliss-reactive ketones (excluding diaryl/α,β-unsaturated/α-hetero) is 1. The van der Waals surface area contributed by atoms with Crippen molar-refractivity contribution < 1.29 is 53.8 Å². The van der Waals surface area contributed by atoms with E-state index in [4.69, 9.17) is 18.9 Å². The minimum Gasteiger partial charge on any atom is -0.460 e. The van der Waals surface area contributed by atoms with Gasteiger partial charge in [-0.1, -0.05) is 42.5 Å². The molecule has 11 nitrogen and oxygen atoms in total. The standard InChI is InChI=1S/C27H28O11/c28-14-19-21(30)22(31)23(38-24(32)16-8-2-1-3-9-16)25(37-19)36-18-11-5-4-10-17(18)15-35-26(33)27(34)13-7-6-12-20(27)29/h1-5,7-11,13,19,21-23,25,28,30-31,34H,6,12,14-15H2/t19-,21-,22+,23-,25-,27+/m0/s1. The molecule has 0 aromatic heterocycles. The van der Waals surface area contributed by atoms with E-state index < -0.39 is 67.2 Å². The van der Waals surface area contributed by atoms with E-state index in [0.717, 1.165) is 6.08 Å². The molecule has 11 heteroatoms. The average Bonchev–Trinajstić information content (AvgIpc) is 2.93. The molecule has 0 unspecified atom stereocenters. The van der Waals surface area contributed by atoms with Crippen LogP contribution in [-0.4, -0.2) is 81.1 Å². The predicted molar refractivity (Wildman–Crippen MR) is 129 cm³/mol. The molecule has 202 valence electrons.